The van der Waals surface area contributed by atoms with Gasteiger partial charge in [0.05, 0.1) is 3.79 Å². The van der Waals surface area contributed by atoms with Crippen molar-refractivity contribution in [2.24, 2.45) is 0 Å². The average Bonchev–Trinajstić information content (AvgIpc) is 2.67. The van der Waals surface area contributed by atoms with Crippen LogP contribution >= 0.6 is 27.3 Å². The van der Waals surface area contributed by atoms with E-state index in [1.54, 1.807) is 0 Å². The number of hydrogen-bond donors (Lipinski definition) is 1. The molecule has 1 N–H and O–H groups in total. The first-order valence-electron chi connectivity index (χ1n) is 5.84. The molecule has 2 unspecified atom stereocenters. The first-order valence-corrected chi connectivity index (χ1v) is 7.45. The maximum atomic E-state index is 3.52. The summed E-state index contributed by atoms with van der Waals surface area (Å²) in [4.78, 5) is 4.05. The maximum absolute atomic E-state index is 3.52. The van der Waals surface area contributed by atoms with Gasteiger partial charge in [-0.15, -0.1) is 11.3 Å². The van der Waals surface area contributed by atoms with Crippen molar-refractivity contribution < 1.29 is 0 Å². The summed E-state index contributed by atoms with van der Waals surface area (Å²) in [6.07, 6.45) is 2.54. The van der Waals surface area contributed by atoms with Crippen LogP contribution < -0.4 is 5.32 Å². The minimum atomic E-state index is 0.687. The highest BCUT2D eigenvalue weighted by Crippen LogP contribution is 2.26. The molecule has 1 aliphatic heterocycles. The number of hydrogen-bond acceptors (Lipinski definition) is 3. The Morgan fingerprint density at radius 3 is 2.94 bits per heavy atom. The molecule has 0 amide bonds. The topological polar surface area (TPSA) is 15.3 Å². The molecule has 1 saturated heterocycles. The van der Waals surface area contributed by atoms with E-state index in [9.17, 15) is 0 Å². The minimum absolute atomic E-state index is 0.687. The monoisotopic (exact) mass is 302 g/mol. The molecule has 2 atom stereocenters. The van der Waals surface area contributed by atoms with Crippen LogP contribution in [0.5, 0.6) is 0 Å². The zero-order valence-electron chi connectivity index (χ0n) is 9.87. The Morgan fingerprint density at radius 2 is 2.38 bits per heavy atom. The van der Waals surface area contributed by atoms with Gasteiger partial charge in [-0.2, -0.15) is 0 Å². The van der Waals surface area contributed by atoms with Crippen molar-refractivity contribution in [1.29, 1.82) is 0 Å². The Bertz CT molecular complexity index is 340. The summed E-state index contributed by atoms with van der Waals surface area (Å²) >= 11 is 5.37. The molecule has 1 aromatic heterocycles. The van der Waals surface area contributed by atoms with Crippen LogP contribution in [0.15, 0.2) is 15.9 Å². The van der Waals surface area contributed by atoms with Crippen LogP contribution in [-0.2, 0) is 6.54 Å². The van der Waals surface area contributed by atoms with Crippen molar-refractivity contribution in [2.75, 3.05) is 13.6 Å². The predicted octanol–water partition coefficient (Wildman–Crippen LogP) is 3.08. The van der Waals surface area contributed by atoms with Gasteiger partial charge in [-0.1, -0.05) is 0 Å². The van der Waals surface area contributed by atoms with Gasteiger partial charge in [0.15, 0.2) is 0 Å². The van der Waals surface area contributed by atoms with Crippen LogP contribution in [0.25, 0.3) is 0 Å². The molecular weight excluding hydrogens is 284 g/mol. The number of thiophene rings is 1. The number of likely N-dealkylation sites (tertiary alicyclic amines) is 1. The largest absolute Gasteiger partial charge is 0.317 e. The zero-order chi connectivity index (χ0) is 11.5. The van der Waals surface area contributed by atoms with Gasteiger partial charge in [0.25, 0.3) is 0 Å². The van der Waals surface area contributed by atoms with Gasteiger partial charge in [-0.05, 0) is 54.9 Å². The van der Waals surface area contributed by atoms with Gasteiger partial charge in [0.1, 0.15) is 0 Å². The molecule has 0 radical (unpaired) electrons. The smallest absolute Gasteiger partial charge is 0.0701 e. The van der Waals surface area contributed by atoms with Gasteiger partial charge in [0.2, 0.25) is 0 Å². The van der Waals surface area contributed by atoms with E-state index in [2.05, 4.69) is 52.3 Å². The molecule has 0 bridgehead atoms. The first kappa shape index (κ1) is 12.6. The second kappa shape index (κ2) is 5.63. The van der Waals surface area contributed by atoms with E-state index in [1.807, 2.05) is 11.3 Å². The van der Waals surface area contributed by atoms with Crippen LogP contribution in [0.2, 0.25) is 0 Å². The number of nitrogens with zero attached hydrogens (tertiary/aromatic N) is 1. The maximum Gasteiger partial charge on any atom is 0.0701 e. The van der Waals surface area contributed by atoms with Gasteiger partial charge in [0, 0.05) is 30.1 Å². The van der Waals surface area contributed by atoms with E-state index in [0.29, 0.717) is 12.1 Å². The molecule has 0 spiro atoms. The normalized spacial score (nSPS) is 27.2. The minimum Gasteiger partial charge on any atom is -0.317 e. The van der Waals surface area contributed by atoms with Gasteiger partial charge >= 0.3 is 0 Å². The van der Waals surface area contributed by atoms with Gasteiger partial charge in [-0.25, -0.2) is 0 Å². The fourth-order valence-corrected chi connectivity index (χ4v) is 3.86. The van der Waals surface area contributed by atoms with Crippen LogP contribution in [-0.4, -0.2) is 30.6 Å². The molecule has 1 fully saturated rings. The third-order valence-corrected chi connectivity index (χ3v) is 5.02. The molecule has 1 aliphatic rings. The third kappa shape index (κ3) is 3.06. The summed E-state index contributed by atoms with van der Waals surface area (Å²) in [7, 11) is 2.07. The molecule has 0 aromatic carbocycles. The van der Waals surface area contributed by atoms with Crippen LogP contribution in [0.3, 0.4) is 0 Å². The highest BCUT2D eigenvalue weighted by Gasteiger charge is 2.24. The third-order valence-electron chi connectivity index (χ3n) is 3.41. The lowest BCUT2D eigenvalue weighted by Crippen LogP contribution is -2.45. The number of piperidine rings is 1. The van der Waals surface area contributed by atoms with Gasteiger partial charge < -0.3 is 5.32 Å². The molecule has 1 aromatic rings. The second-order valence-corrected chi connectivity index (χ2v) is 7.08. The van der Waals surface area contributed by atoms with Crippen molar-refractivity contribution in [1.82, 2.24) is 10.2 Å². The summed E-state index contributed by atoms with van der Waals surface area (Å²) < 4.78 is 1.24. The second-order valence-electron chi connectivity index (χ2n) is 4.54. The molecule has 0 aliphatic carbocycles. The van der Waals surface area contributed by atoms with Crippen molar-refractivity contribution in [3.8, 4) is 0 Å². The first-order chi connectivity index (χ1) is 7.69. The highest BCUT2D eigenvalue weighted by atomic mass is 79.9. The average molecular weight is 303 g/mol. The summed E-state index contributed by atoms with van der Waals surface area (Å²) in [5.41, 5.74) is 0. The van der Waals surface area contributed by atoms with Crippen molar-refractivity contribution in [2.45, 2.75) is 38.4 Å². The summed E-state index contributed by atoms with van der Waals surface area (Å²) in [5, 5.41) is 3.39. The van der Waals surface area contributed by atoms with E-state index < -0.39 is 0 Å². The predicted molar refractivity (Wildman–Crippen MR) is 74.0 cm³/mol. The highest BCUT2D eigenvalue weighted by molar-refractivity contribution is 9.11. The van der Waals surface area contributed by atoms with E-state index in [1.165, 1.54) is 28.0 Å². The SMILES string of the molecule is CNC1CCN(Cc2ccc(Br)s2)C(C)C1. The number of rotatable bonds is 3. The van der Waals surface area contributed by atoms with E-state index in [0.717, 1.165) is 6.54 Å². The fraction of sp³-hybridized carbons (Fsp3) is 0.667. The number of halogens is 1. The molecule has 16 heavy (non-hydrogen) atoms. The molecule has 0 saturated carbocycles. The molecule has 90 valence electrons. The van der Waals surface area contributed by atoms with Crippen molar-refractivity contribution >= 4 is 27.3 Å². The number of nitrogens with one attached hydrogen (secondary N) is 1. The van der Waals surface area contributed by atoms with E-state index in [4.69, 9.17) is 0 Å². The van der Waals surface area contributed by atoms with Crippen molar-refractivity contribution in [3.63, 3.8) is 0 Å². The van der Waals surface area contributed by atoms with Crippen LogP contribution in [0, 0.1) is 0 Å². The molecule has 2 rings (SSSR count). The summed E-state index contributed by atoms with van der Waals surface area (Å²) in [6.45, 7) is 4.65. The van der Waals surface area contributed by atoms with Gasteiger partial charge in [-0.3, -0.25) is 4.90 Å². The van der Waals surface area contributed by atoms with E-state index in [-0.39, 0.29) is 0 Å². The summed E-state index contributed by atoms with van der Waals surface area (Å²) in [6, 6.07) is 5.77. The van der Waals surface area contributed by atoms with Crippen molar-refractivity contribution in [3.05, 3.63) is 20.8 Å². The molecular formula is C12H19BrN2S. The Balaban J connectivity index is 1.91. The van der Waals surface area contributed by atoms with Crippen LogP contribution in [0.4, 0.5) is 0 Å². The lowest BCUT2D eigenvalue weighted by molar-refractivity contribution is 0.132. The lowest BCUT2D eigenvalue weighted by Gasteiger charge is -2.37. The Morgan fingerprint density at radius 1 is 1.56 bits per heavy atom. The molecule has 4 heteroatoms. The zero-order valence-corrected chi connectivity index (χ0v) is 12.3. The fourth-order valence-electron chi connectivity index (χ4n) is 2.35. The quantitative estimate of drug-likeness (QED) is 0.923. The van der Waals surface area contributed by atoms with E-state index >= 15 is 0 Å². The molecule has 2 nitrogen and oxygen atoms in total. The Labute approximate surface area is 110 Å². The van der Waals surface area contributed by atoms with Crippen LogP contribution in [0.1, 0.15) is 24.6 Å². The Hall–Kier alpha value is 0.1000. The standard InChI is InChI=1S/C12H19BrN2S/c1-9-7-10(14-2)5-6-15(9)8-11-3-4-12(13)16-11/h3-4,9-10,14H,5-8H2,1-2H3. The Kier molecular flexibility index (Phi) is 4.41. The molecule has 2 heterocycles. The summed E-state index contributed by atoms with van der Waals surface area (Å²) in [5.74, 6) is 0. The lowest BCUT2D eigenvalue weighted by atomic mass is 9.98.